The van der Waals surface area contributed by atoms with Crippen molar-refractivity contribution in [2.75, 3.05) is 11.9 Å². The lowest BCUT2D eigenvalue weighted by Gasteiger charge is -2.09. The van der Waals surface area contributed by atoms with Crippen molar-refractivity contribution in [1.29, 1.82) is 0 Å². The molecule has 0 saturated carbocycles. The lowest BCUT2D eigenvalue weighted by atomic mass is 10.1. The summed E-state index contributed by atoms with van der Waals surface area (Å²) in [6.45, 7) is 0.569. The van der Waals surface area contributed by atoms with Gasteiger partial charge in [0.05, 0.1) is 9.90 Å². The van der Waals surface area contributed by atoms with Crippen LogP contribution >= 0.6 is 34.5 Å². The van der Waals surface area contributed by atoms with Gasteiger partial charge in [-0.2, -0.15) is 0 Å². The predicted molar refractivity (Wildman–Crippen MR) is 95.7 cm³/mol. The van der Waals surface area contributed by atoms with Crippen LogP contribution in [0.4, 0.5) is 5.69 Å². The monoisotopic (exact) mass is 349 g/mol. The molecule has 0 radical (unpaired) electrons. The maximum Gasteiger partial charge on any atom is 0.174 e. The van der Waals surface area contributed by atoms with Gasteiger partial charge in [0.15, 0.2) is 5.78 Å². The van der Waals surface area contributed by atoms with Gasteiger partial charge in [-0.3, -0.25) is 4.79 Å². The lowest BCUT2D eigenvalue weighted by molar-refractivity contribution is 0.0990. The van der Waals surface area contributed by atoms with Crippen LogP contribution in [0.25, 0.3) is 10.8 Å². The maximum absolute atomic E-state index is 12.1. The van der Waals surface area contributed by atoms with Crippen molar-refractivity contribution in [3.63, 3.8) is 0 Å². The average molecular weight is 350 g/mol. The Labute approximate surface area is 142 Å². The first-order valence-corrected chi connectivity index (χ1v) is 8.42. The van der Waals surface area contributed by atoms with Gasteiger partial charge in [0.1, 0.15) is 4.34 Å². The van der Waals surface area contributed by atoms with Crippen LogP contribution in [0.2, 0.25) is 9.36 Å². The number of hydrogen-bond acceptors (Lipinski definition) is 3. The Balaban J connectivity index is 1.66. The molecule has 0 aliphatic heterocycles. The molecule has 0 atom stereocenters. The number of ketones is 1. The number of carbonyl (C=O) groups is 1. The van der Waals surface area contributed by atoms with Gasteiger partial charge in [-0.15, -0.1) is 11.3 Å². The molecule has 1 heterocycles. The molecule has 0 fully saturated rings. The molecule has 2 nitrogen and oxygen atoms in total. The van der Waals surface area contributed by atoms with E-state index in [0.29, 0.717) is 27.2 Å². The van der Waals surface area contributed by atoms with Gasteiger partial charge in [0, 0.05) is 24.0 Å². The minimum atomic E-state index is 0.0477. The van der Waals surface area contributed by atoms with E-state index >= 15 is 0 Å². The van der Waals surface area contributed by atoms with E-state index in [9.17, 15) is 4.79 Å². The molecule has 0 aliphatic rings. The van der Waals surface area contributed by atoms with E-state index in [2.05, 4.69) is 23.5 Å². The molecular formula is C17H13Cl2NOS. The second kappa shape index (κ2) is 6.69. The number of carbonyl (C=O) groups excluding carboxylic acids is 1. The normalized spacial score (nSPS) is 10.8. The van der Waals surface area contributed by atoms with Crippen LogP contribution in [0.3, 0.4) is 0 Å². The Kier molecular flexibility index (Phi) is 4.67. The van der Waals surface area contributed by atoms with Crippen LogP contribution < -0.4 is 5.32 Å². The van der Waals surface area contributed by atoms with Crippen molar-refractivity contribution in [1.82, 2.24) is 0 Å². The lowest BCUT2D eigenvalue weighted by Crippen LogP contribution is -2.08. The van der Waals surface area contributed by atoms with Gasteiger partial charge in [-0.1, -0.05) is 59.6 Å². The summed E-state index contributed by atoms with van der Waals surface area (Å²) >= 11 is 13.0. The van der Waals surface area contributed by atoms with Gasteiger partial charge < -0.3 is 5.32 Å². The number of hydrogen-bond donors (Lipinski definition) is 1. The van der Waals surface area contributed by atoms with E-state index in [1.54, 1.807) is 6.07 Å². The van der Waals surface area contributed by atoms with E-state index in [1.807, 2.05) is 24.3 Å². The van der Waals surface area contributed by atoms with Crippen molar-refractivity contribution >= 4 is 56.8 Å². The highest BCUT2D eigenvalue weighted by Crippen LogP contribution is 2.32. The molecule has 1 N–H and O–H groups in total. The quantitative estimate of drug-likeness (QED) is 0.581. The smallest absolute Gasteiger partial charge is 0.174 e. The third kappa shape index (κ3) is 3.27. The van der Waals surface area contributed by atoms with Gasteiger partial charge >= 0.3 is 0 Å². The molecule has 1 aromatic heterocycles. The molecular weight excluding hydrogens is 337 g/mol. The molecule has 0 spiro atoms. The summed E-state index contributed by atoms with van der Waals surface area (Å²) in [4.78, 5) is 12.7. The highest BCUT2D eigenvalue weighted by molar-refractivity contribution is 7.18. The molecule has 0 unspecified atom stereocenters. The average Bonchev–Trinajstić information content (AvgIpc) is 2.87. The summed E-state index contributed by atoms with van der Waals surface area (Å²) in [5.74, 6) is 0.0477. The fourth-order valence-corrected chi connectivity index (χ4v) is 3.63. The molecule has 5 heteroatoms. The van der Waals surface area contributed by atoms with Crippen LogP contribution in [-0.2, 0) is 0 Å². The Morgan fingerprint density at radius 2 is 1.86 bits per heavy atom. The number of thiophene rings is 1. The number of anilines is 1. The SMILES string of the molecule is O=C(CCNc1cccc2ccccc12)c1cc(Cl)c(Cl)s1. The second-order valence-electron chi connectivity index (χ2n) is 4.86. The zero-order chi connectivity index (χ0) is 15.5. The Bertz CT molecular complexity index is 804. The van der Waals surface area contributed by atoms with Gasteiger partial charge in [0.25, 0.3) is 0 Å². The molecule has 0 aliphatic carbocycles. The number of rotatable bonds is 5. The van der Waals surface area contributed by atoms with Gasteiger partial charge in [-0.05, 0) is 17.5 Å². The molecule has 0 bridgehead atoms. The van der Waals surface area contributed by atoms with Crippen LogP contribution in [0, 0.1) is 0 Å². The second-order valence-corrected chi connectivity index (χ2v) is 6.92. The van der Waals surface area contributed by atoms with Crippen molar-refractivity contribution in [2.45, 2.75) is 6.42 Å². The van der Waals surface area contributed by atoms with E-state index in [1.165, 1.54) is 16.7 Å². The van der Waals surface area contributed by atoms with Crippen LogP contribution in [0.15, 0.2) is 48.5 Å². The standard InChI is InChI=1S/C17H13Cl2NOS/c18-13-10-16(22-17(13)19)15(21)8-9-20-14-7-3-5-11-4-1-2-6-12(11)14/h1-7,10,20H,8-9H2. The number of nitrogens with one attached hydrogen (secondary N) is 1. The van der Waals surface area contributed by atoms with Gasteiger partial charge in [-0.25, -0.2) is 0 Å². The summed E-state index contributed by atoms with van der Waals surface area (Å²) in [6.07, 6.45) is 0.399. The zero-order valence-electron chi connectivity index (χ0n) is 11.6. The first kappa shape index (κ1) is 15.3. The first-order valence-electron chi connectivity index (χ1n) is 6.85. The molecule has 3 aromatic rings. The molecule has 0 saturated heterocycles. The summed E-state index contributed by atoms with van der Waals surface area (Å²) in [6, 6.07) is 15.9. The van der Waals surface area contributed by atoms with Crippen LogP contribution in [0.5, 0.6) is 0 Å². The predicted octanol–water partition coefficient (Wildman–Crippen LogP) is 5.89. The summed E-state index contributed by atoms with van der Waals surface area (Å²) in [7, 11) is 0. The van der Waals surface area contributed by atoms with Crippen molar-refractivity contribution < 1.29 is 4.79 Å². The Morgan fingerprint density at radius 3 is 2.64 bits per heavy atom. The van der Waals surface area contributed by atoms with Crippen molar-refractivity contribution in [2.24, 2.45) is 0 Å². The highest BCUT2D eigenvalue weighted by Gasteiger charge is 2.12. The first-order chi connectivity index (χ1) is 10.6. The molecule has 0 amide bonds. The fraction of sp³-hybridized carbons (Fsp3) is 0.118. The Hall–Kier alpha value is -1.55. The fourth-order valence-electron chi connectivity index (χ4n) is 2.30. The van der Waals surface area contributed by atoms with E-state index < -0.39 is 0 Å². The van der Waals surface area contributed by atoms with E-state index in [-0.39, 0.29) is 5.78 Å². The largest absolute Gasteiger partial charge is 0.384 e. The molecule has 2 aromatic carbocycles. The molecule has 22 heavy (non-hydrogen) atoms. The Morgan fingerprint density at radius 1 is 1.09 bits per heavy atom. The van der Waals surface area contributed by atoms with E-state index in [0.717, 1.165) is 11.1 Å². The minimum absolute atomic E-state index is 0.0477. The van der Waals surface area contributed by atoms with E-state index in [4.69, 9.17) is 23.2 Å². The summed E-state index contributed by atoms with van der Waals surface area (Å²) in [5, 5.41) is 6.10. The van der Waals surface area contributed by atoms with Crippen LogP contribution in [0.1, 0.15) is 16.1 Å². The number of benzene rings is 2. The third-order valence-electron chi connectivity index (χ3n) is 3.38. The van der Waals surface area contributed by atoms with Crippen molar-refractivity contribution in [3.8, 4) is 0 Å². The minimum Gasteiger partial charge on any atom is -0.384 e. The third-order valence-corrected chi connectivity index (χ3v) is 5.28. The summed E-state index contributed by atoms with van der Waals surface area (Å²) in [5.41, 5.74) is 1.04. The number of halogens is 2. The van der Waals surface area contributed by atoms with Gasteiger partial charge in [0.2, 0.25) is 0 Å². The topological polar surface area (TPSA) is 29.1 Å². The number of Topliss-reactive ketones (excluding diaryl/α,β-unsaturated/α-hetero) is 1. The zero-order valence-corrected chi connectivity index (χ0v) is 13.9. The highest BCUT2D eigenvalue weighted by atomic mass is 35.5. The maximum atomic E-state index is 12.1. The summed E-state index contributed by atoms with van der Waals surface area (Å²) < 4.78 is 0.465. The number of fused-ring (bicyclic) bond motifs is 1. The molecule has 3 rings (SSSR count). The molecule has 112 valence electrons. The van der Waals surface area contributed by atoms with Crippen LogP contribution in [-0.4, -0.2) is 12.3 Å². The van der Waals surface area contributed by atoms with Crippen molar-refractivity contribution in [3.05, 3.63) is 62.8 Å².